The second-order valence-corrected chi connectivity index (χ2v) is 7.33. The van der Waals surface area contributed by atoms with Gasteiger partial charge in [-0.3, -0.25) is 4.79 Å². The molecule has 33 heavy (non-hydrogen) atoms. The number of thioether (sulfide) groups is 1. The van der Waals surface area contributed by atoms with Crippen molar-refractivity contribution in [2.24, 2.45) is 7.05 Å². The lowest BCUT2D eigenvalue weighted by Crippen LogP contribution is -2.32. The van der Waals surface area contributed by atoms with E-state index in [0.717, 1.165) is 16.8 Å². The highest BCUT2D eigenvalue weighted by Gasteiger charge is 2.34. The lowest BCUT2D eigenvalue weighted by molar-refractivity contribution is -0.730. The summed E-state index contributed by atoms with van der Waals surface area (Å²) < 4.78 is 44.9. The molecule has 0 saturated carbocycles. The molecule has 0 fully saturated rings. The van der Waals surface area contributed by atoms with Gasteiger partial charge in [-0.15, -0.1) is 0 Å². The van der Waals surface area contributed by atoms with E-state index in [9.17, 15) is 33.6 Å². The van der Waals surface area contributed by atoms with Gasteiger partial charge in [0.2, 0.25) is 5.91 Å². The van der Waals surface area contributed by atoms with Gasteiger partial charge in [-0.2, -0.15) is 23.7 Å². The molecule has 0 atom stereocenters. The maximum absolute atomic E-state index is 13.1. The minimum atomic E-state index is -4.67. The van der Waals surface area contributed by atoms with Gasteiger partial charge in [0.25, 0.3) is 5.69 Å². The topological polar surface area (TPSA) is 169 Å². The number of aryl methyl sites for hydroxylation is 1. The van der Waals surface area contributed by atoms with Crippen molar-refractivity contribution in [1.82, 2.24) is 10.3 Å². The van der Waals surface area contributed by atoms with Gasteiger partial charge in [-0.05, 0) is 12.1 Å². The van der Waals surface area contributed by atoms with Gasteiger partial charge < -0.3 is 20.7 Å². The van der Waals surface area contributed by atoms with Crippen molar-refractivity contribution in [2.75, 3.05) is 16.8 Å². The summed E-state index contributed by atoms with van der Waals surface area (Å²) in [6.45, 7) is 0. The van der Waals surface area contributed by atoms with Crippen molar-refractivity contribution >= 4 is 29.2 Å². The number of halogens is 3. The molecule has 0 aliphatic rings. The summed E-state index contributed by atoms with van der Waals surface area (Å²) in [5.41, 5.74) is 3.44. The summed E-state index contributed by atoms with van der Waals surface area (Å²) in [6, 6.07) is 8.04. The summed E-state index contributed by atoms with van der Waals surface area (Å²) in [7, 11) is 1.34. The van der Waals surface area contributed by atoms with Gasteiger partial charge in [0.15, 0.2) is 13.0 Å². The lowest BCUT2D eigenvalue weighted by Gasteiger charge is -2.14. The summed E-state index contributed by atoms with van der Waals surface area (Å²) in [6.07, 6.45) is -4.67. The van der Waals surface area contributed by atoms with Crippen molar-refractivity contribution in [1.29, 1.82) is 10.5 Å². The van der Waals surface area contributed by atoms with Crippen molar-refractivity contribution in [3.63, 3.8) is 0 Å². The number of alkyl halides is 3. The summed E-state index contributed by atoms with van der Waals surface area (Å²) >= 11 is 0.690. The first-order chi connectivity index (χ1) is 15.6. The van der Waals surface area contributed by atoms with Gasteiger partial charge in [-0.1, -0.05) is 28.6 Å². The smallest absolute Gasteiger partial charge is 0.418 e. The van der Waals surface area contributed by atoms with Crippen LogP contribution in [0.2, 0.25) is 0 Å². The molecule has 1 amide bonds. The zero-order valence-corrected chi connectivity index (χ0v) is 17.4. The lowest BCUT2D eigenvalue weighted by atomic mass is 10.0. The van der Waals surface area contributed by atoms with E-state index in [1.807, 2.05) is 6.07 Å². The molecule has 14 heteroatoms. The Morgan fingerprint density at radius 1 is 1.30 bits per heavy atom. The van der Waals surface area contributed by atoms with Gasteiger partial charge >= 0.3 is 6.18 Å². The van der Waals surface area contributed by atoms with Crippen LogP contribution in [0.15, 0.2) is 33.8 Å². The number of pyridine rings is 1. The molecule has 1 aromatic carbocycles. The van der Waals surface area contributed by atoms with Crippen LogP contribution in [0.4, 0.5) is 24.7 Å². The summed E-state index contributed by atoms with van der Waals surface area (Å²) in [5, 5.41) is 36.7. The molecular weight excluding hydrogens is 463 g/mol. The molecule has 3 N–H and O–H groups in total. The Bertz CT molecular complexity index is 1310. The molecule has 2 aromatic heterocycles. The van der Waals surface area contributed by atoms with Crippen LogP contribution in [0.1, 0.15) is 16.7 Å². The highest BCUT2D eigenvalue weighted by molar-refractivity contribution is 8.00. The normalized spacial score (nSPS) is 11.0. The molecule has 3 aromatic rings. The SMILES string of the molecule is C[n+]1noc([O-])c1-c1c(C#N)c(N)nc(SCC(=O)Nc2ccccc2C(F)(F)F)c1C#N. The van der Waals surface area contributed by atoms with Gasteiger partial charge in [0.1, 0.15) is 28.5 Å². The number of nitrogen functional groups attached to an aromatic ring is 1. The molecular formula is C19H12F3N7O3S. The first-order valence-corrected chi connectivity index (χ1v) is 9.83. The molecule has 0 aliphatic heterocycles. The van der Waals surface area contributed by atoms with E-state index >= 15 is 0 Å². The number of hydrogen-bond donors (Lipinski definition) is 2. The van der Waals surface area contributed by atoms with Crippen LogP contribution >= 0.6 is 11.8 Å². The summed E-state index contributed by atoms with van der Waals surface area (Å²) in [5.74, 6) is -2.52. The number of para-hydroxylation sites is 1. The van der Waals surface area contributed by atoms with Crippen molar-refractivity contribution in [3.05, 3.63) is 41.0 Å². The van der Waals surface area contributed by atoms with E-state index in [-0.39, 0.29) is 33.2 Å². The molecule has 2 heterocycles. The van der Waals surface area contributed by atoms with Gasteiger partial charge in [-0.25, -0.2) is 4.98 Å². The Hall–Kier alpha value is -4.30. The van der Waals surface area contributed by atoms with Crippen LogP contribution in [-0.2, 0) is 18.0 Å². The van der Waals surface area contributed by atoms with Crippen LogP contribution in [0.5, 0.6) is 5.95 Å². The molecule has 0 unspecified atom stereocenters. The molecule has 0 saturated heterocycles. The third kappa shape index (κ3) is 4.65. The third-order valence-corrected chi connectivity index (χ3v) is 5.24. The number of carbonyl (C=O) groups excluding carboxylic acids is 1. The van der Waals surface area contributed by atoms with Crippen molar-refractivity contribution in [2.45, 2.75) is 11.2 Å². The molecule has 0 aliphatic carbocycles. The van der Waals surface area contributed by atoms with Gasteiger partial charge in [0.05, 0.1) is 33.4 Å². The maximum Gasteiger partial charge on any atom is 0.418 e. The molecule has 3 rings (SSSR count). The largest absolute Gasteiger partial charge is 0.539 e. The fourth-order valence-electron chi connectivity index (χ4n) is 2.88. The number of amides is 1. The van der Waals surface area contributed by atoms with Crippen LogP contribution in [0.25, 0.3) is 11.3 Å². The number of benzene rings is 1. The Kier molecular flexibility index (Phi) is 6.41. The quantitative estimate of drug-likeness (QED) is 0.412. The predicted molar refractivity (Wildman–Crippen MR) is 105 cm³/mol. The second kappa shape index (κ2) is 9.05. The Morgan fingerprint density at radius 3 is 2.55 bits per heavy atom. The van der Waals surface area contributed by atoms with E-state index in [2.05, 4.69) is 20.1 Å². The number of nitriles is 2. The minimum Gasteiger partial charge on any atom is -0.539 e. The number of anilines is 2. The minimum absolute atomic E-state index is 0.108. The third-order valence-electron chi connectivity index (χ3n) is 4.26. The van der Waals surface area contributed by atoms with Crippen LogP contribution in [0, 0.1) is 22.7 Å². The monoisotopic (exact) mass is 475 g/mol. The average molecular weight is 475 g/mol. The predicted octanol–water partition coefficient (Wildman–Crippen LogP) is 1.71. The van der Waals surface area contributed by atoms with Crippen LogP contribution < -0.4 is 20.8 Å². The van der Waals surface area contributed by atoms with E-state index < -0.39 is 35.0 Å². The fraction of sp³-hybridized carbons (Fsp3) is 0.158. The van der Waals surface area contributed by atoms with Crippen molar-refractivity contribution < 1.29 is 32.3 Å². The fourth-order valence-corrected chi connectivity index (χ4v) is 3.67. The second-order valence-electron chi connectivity index (χ2n) is 6.36. The van der Waals surface area contributed by atoms with Gasteiger partial charge in [0, 0.05) is 0 Å². The Morgan fingerprint density at radius 2 is 1.97 bits per heavy atom. The molecule has 168 valence electrons. The molecule has 0 radical (unpaired) electrons. The van der Waals surface area contributed by atoms with E-state index in [1.54, 1.807) is 6.07 Å². The molecule has 10 nitrogen and oxygen atoms in total. The zero-order valence-electron chi connectivity index (χ0n) is 16.6. The zero-order chi connectivity index (χ0) is 24.3. The standard InChI is InChI=1S/C19H12F3N7O3S/c1-29-15(18(31)32-28-29)14-9(6-23)16(25)27-17(10(14)7-24)33-8-13(30)26-12-5-3-2-4-11(12)19(20,21)22/h2-5H,8H2,1H3,(H3-,25,26,27,28,30,31). The maximum atomic E-state index is 13.1. The average Bonchev–Trinajstić information content (AvgIpc) is 3.09. The number of carbonyl (C=O) groups is 1. The number of nitrogens with one attached hydrogen (secondary N) is 1. The van der Waals surface area contributed by atoms with E-state index in [1.165, 1.54) is 19.2 Å². The van der Waals surface area contributed by atoms with E-state index in [0.29, 0.717) is 11.8 Å². The Labute approximate surface area is 188 Å². The van der Waals surface area contributed by atoms with E-state index in [4.69, 9.17) is 5.73 Å². The highest BCUT2D eigenvalue weighted by Crippen LogP contribution is 2.37. The van der Waals surface area contributed by atoms with Crippen LogP contribution in [0.3, 0.4) is 0 Å². The first-order valence-electron chi connectivity index (χ1n) is 8.84. The summed E-state index contributed by atoms with van der Waals surface area (Å²) in [4.78, 5) is 16.3. The van der Waals surface area contributed by atoms with Crippen LogP contribution in [-0.4, -0.2) is 21.9 Å². The Balaban J connectivity index is 1.94. The number of rotatable bonds is 5. The highest BCUT2D eigenvalue weighted by atomic mass is 32.2. The molecule has 0 spiro atoms. The number of nitrogens with two attached hydrogens (primary N) is 1. The number of nitrogens with zero attached hydrogens (tertiary/aromatic N) is 5. The number of hydrogen-bond acceptors (Lipinski definition) is 9. The van der Waals surface area contributed by atoms with Crippen molar-refractivity contribution in [3.8, 4) is 29.3 Å². The number of aromatic nitrogens is 3. The molecule has 0 bridgehead atoms. The first kappa shape index (κ1) is 23.4.